The van der Waals surface area contributed by atoms with Gasteiger partial charge in [0, 0.05) is 6.54 Å². The predicted octanol–water partition coefficient (Wildman–Crippen LogP) is 2.25. The monoisotopic (exact) mass is 215 g/mol. The molecule has 0 aromatic carbocycles. The summed E-state index contributed by atoms with van der Waals surface area (Å²) in [5.74, 6) is 1.11. The maximum atomic E-state index is 11.1. The zero-order valence-corrected chi connectivity index (χ0v) is 10.1. The van der Waals surface area contributed by atoms with Crippen LogP contribution < -0.4 is 5.32 Å². The molecule has 3 heteroatoms. The third-order valence-electron chi connectivity index (χ3n) is 3.35. The number of rotatable bonds is 4. The lowest BCUT2D eigenvalue weighted by Gasteiger charge is -2.31. The van der Waals surface area contributed by atoms with Crippen LogP contribution in [-0.4, -0.2) is 18.2 Å². The van der Waals surface area contributed by atoms with E-state index in [2.05, 4.69) is 31.8 Å². The van der Waals surface area contributed by atoms with Crippen LogP contribution in [0.2, 0.25) is 0 Å². The average Bonchev–Trinajstić information content (AvgIpc) is 2.67. The minimum absolute atomic E-state index is 0.0411. The van der Waals surface area contributed by atoms with E-state index in [0.717, 1.165) is 12.5 Å². The summed E-state index contributed by atoms with van der Waals surface area (Å²) in [7, 11) is 0. The average molecular weight is 215 g/mol. The minimum Gasteiger partial charge on any atom is -0.355 e. The quantitative estimate of drug-likeness (QED) is 0.692. The molecular formula is C11H21NOS. The van der Waals surface area contributed by atoms with E-state index in [0.29, 0.717) is 5.75 Å². The molecule has 0 atom stereocenters. The molecule has 0 heterocycles. The van der Waals surface area contributed by atoms with Crippen LogP contribution in [0.3, 0.4) is 0 Å². The standard InChI is InChI=1S/C11H21NOS/c1-11(2,8-12-10(13)7-14)9-5-3-4-6-9/h9,14H,3-8H2,1-2H3,(H,12,13). The van der Waals surface area contributed by atoms with Crippen molar-refractivity contribution in [2.45, 2.75) is 39.5 Å². The van der Waals surface area contributed by atoms with Gasteiger partial charge >= 0.3 is 0 Å². The summed E-state index contributed by atoms with van der Waals surface area (Å²) in [5, 5.41) is 2.93. The summed E-state index contributed by atoms with van der Waals surface area (Å²) >= 11 is 3.94. The van der Waals surface area contributed by atoms with Crippen LogP contribution in [0.4, 0.5) is 0 Å². The highest BCUT2D eigenvalue weighted by Gasteiger charge is 2.31. The van der Waals surface area contributed by atoms with Crippen molar-refractivity contribution >= 4 is 18.5 Å². The highest BCUT2D eigenvalue weighted by atomic mass is 32.1. The van der Waals surface area contributed by atoms with Gasteiger partial charge in [-0.3, -0.25) is 4.79 Å². The van der Waals surface area contributed by atoms with E-state index in [-0.39, 0.29) is 11.3 Å². The first-order valence-corrected chi connectivity index (χ1v) is 6.07. The fourth-order valence-corrected chi connectivity index (χ4v) is 2.35. The number of carbonyl (C=O) groups excluding carboxylic acids is 1. The Kier molecular flexibility index (Phi) is 4.30. The molecule has 1 aliphatic rings. The van der Waals surface area contributed by atoms with Crippen LogP contribution in [0.25, 0.3) is 0 Å². The van der Waals surface area contributed by atoms with Gasteiger partial charge in [-0.05, 0) is 24.2 Å². The van der Waals surface area contributed by atoms with E-state index < -0.39 is 0 Å². The fourth-order valence-electron chi connectivity index (χ4n) is 2.23. The summed E-state index contributed by atoms with van der Waals surface area (Å²) in [6.07, 6.45) is 5.36. The highest BCUT2D eigenvalue weighted by molar-refractivity contribution is 7.81. The SMILES string of the molecule is CC(C)(CNC(=O)CS)C1CCCC1. The summed E-state index contributed by atoms with van der Waals surface area (Å²) in [6.45, 7) is 5.29. The van der Waals surface area contributed by atoms with Gasteiger partial charge in [-0.1, -0.05) is 26.7 Å². The Hall–Kier alpha value is -0.180. The van der Waals surface area contributed by atoms with Crippen molar-refractivity contribution in [1.29, 1.82) is 0 Å². The van der Waals surface area contributed by atoms with Crippen LogP contribution in [0.5, 0.6) is 0 Å². The van der Waals surface area contributed by atoms with Gasteiger partial charge in [0.1, 0.15) is 0 Å². The van der Waals surface area contributed by atoms with Crippen molar-refractivity contribution in [2.75, 3.05) is 12.3 Å². The fraction of sp³-hybridized carbons (Fsp3) is 0.909. The zero-order valence-electron chi connectivity index (χ0n) is 9.18. The maximum absolute atomic E-state index is 11.1. The smallest absolute Gasteiger partial charge is 0.229 e. The second kappa shape index (κ2) is 5.06. The Morgan fingerprint density at radius 3 is 2.50 bits per heavy atom. The molecule has 0 aromatic heterocycles. The molecule has 82 valence electrons. The number of thiol groups is 1. The first-order valence-electron chi connectivity index (χ1n) is 5.44. The lowest BCUT2D eigenvalue weighted by Crippen LogP contribution is -2.38. The minimum atomic E-state index is 0.0411. The molecular weight excluding hydrogens is 194 g/mol. The highest BCUT2D eigenvalue weighted by Crippen LogP contribution is 2.38. The Morgan fingerprint density at radius 1 is 1.43 bits per heavy atom. The lowest BCUT2D eigenvalue weighted by atomic mass is 9.78. The second-order valence-corrected chi connectivity index (χ2v) is 5.22. The van der Waals surface area contributed by atoms with Gasteiger partial charge < -0.3 is 5.32 Å². The summed E-state index contributed by atoms with van der Waals surface area (Å²) in [6, 6.07) is 0. The van der Waals surface area contributed by atoms with Gasteiger partial charge in [0.25, 0.3) is 0 Å². The Morgan fingerprint density at radius 2 is 2.00 bits per heavy atom. The van der Waals surface area contributed by atoms with E-state index >= 15 is 0 Å². The van der Waals surface area contributed by atoms with Gasteiger partial charge in [-0.25, -0.2) is 0 Å². The second-order valence-electron chi connectivity index (χ2n) is 4.90. The van der Waals surface area contributed by atoms with Crippen LogP contribution >= 0.6 is 12.6 Å². The third-order valence-corrected chi connectivity index (χ3v) is 3.63. The molecule has 0 aliphatic heterocycles. The van der Waals surface area contributed by atoms with Crippen molar-refractivity contribution in [3.05, 3.63) is 0 Å². The number of amides is 1. The molecule has 14 heavy (non-hydrogen) atoms. The van der Waals surface area contributed by atoms with Crippen LogP contribution in [0.1, 0.15) is 39.5 Å². The third kappa shape index (κ3) is 3.19. The largest absolute Gasteiger partial charge is 0.355 e. The van der Waals surface area contributed by atoms with Gasteiger partial charge in [0.15, 0.2) is 0 Å². The van der Waals surface area contributed by atoms with E-state index in [1.807, 2.05) is 0 Å². The Labute approximate surface area is 92.2 Å². The molecule has 1 saturated carbocycles. The van der Waals surface area contributed by atoms with E-state index in [1.165, 1.54) is 25.7 Å². The normalized spacial score (nSPS) is 18.5. The molecule has 1 fully saturated rings. The summed E-state index contributed by atoms with van der Waals surface area (Å²) in [5.41, 5.74) is 0.245. The molecule has 1 rings (SSSR count). The van der Waals surface area contributed by atoms with E-state index in [4.69, 9.17) is 0 Å². The van der Waals surface area contributed by atoms with Crippen molar-refractivity contribution in [1.82, 2.24) is 5.32 Å². The van der Waals surface area contributed by atoms with Gasteiger partial charge in [-0.15, -0.1) is 0 Å². The molecule has 1 amide bonds. The molecule has 0 spiro atoms. The van der Waals surface area contributed by atoms with Crippen molar-refractivity contribution in [3.8, 4) is 0 Å². The molecule has 0 aromatic rings. The zero-order chi connectivity index (χ0) is 10.6. The first-order chi connectivity index (χ1) is 6.56. The van der Waals surface area contributed by atoms with Crippen LogP contribution in [0.15, 0.2) is 0 Å². The summed E-state index contributed by atoms with van der Waals surface area (Å²) in [4.78, 5) is 11.1. The molecule has 0 unspecified atom stereocenters. The van der Waals surface area contributed by atoms with Crippen LogP contribution in [0, 0.1) is 11.3 Å². The Bertz CT molecular complexity index is 197. The number of carbonyl (C=O) groups is 1. The topological polar surface area (TPSA) is 29.1 Å². The Balaban J connectivity index is 2.36. The molecule has 2 nitrogen and oxygen atoms in total. The molecule has 0 radical (unpaired) electrons. The molecule has 1 aliphatic carbocycles. The van der Waals surface area contributed by atoms with Gasteiger partial charge in [0.2, 0.25) is 5.91 Å². The van der Waals surface area contributed by atoms with Crippen LogP contribution in [-0.2, 0) is 4.79 Å². The molecule has 0 bridgehead atoms. The van der Waals surface area contributed by atoms with Gasteiger partial charge in [-0.2, -0.15) is 12.6 Å². The first kappa shape index (κ1) is 11.9. The van der Waals surface area contributed by atoms with Crippen molar-refractivity contribution in [2.24, 2.45) is 11.3 Å². The molecule has 1 N–H and O–H groups in total. The maximum Gasteiger partial charge on any atom is 0.229 e. The number of hydrogen-bond donors (Lipinski definition) is 2. The van der Waals surface area contributed by atoms with Crippen molar-refractivity contribution in [3.63, 3.8) is 0 Å². The predicted molar refractivity (Wildman–Crippen MR) is 62.6 cm³/mol. The number of hydrogen-bond acceptors (Lipinski definition) is 2. The van der Waals surface area contributed by atoms with E-state index in [1.54, 1.807) is 0 Å². The summed E-state index contributed by atoms with van der Waals surface area (Å²) < 4.78 is 0. The van der Waals surface area contributed by atoms with Crippen molar-refractivity contribution < 1.29 is 4.79 Å². The van der Waals surface area contributed by atoms with Gasteiger partial charge in [0.05, 0.1) is 5.75 Å². The lowest BCUT2D eigenvalue weighted by molar-refractivity contribution is -0.119. The van der Waals surface area contributed by atoms with E-state index in [9.17, 15) is 4.79 Å². The number of nitrogens with one attached hydrogen (secondary N) is 1. The molecule has 0 saturated heterocycles.